The van der Waals surface area contributed by atoms with E-state index in [9.17, 15) is 19.2 Å². The number of nitrogens with one attached hydrogen (secondary N) is 1. The van der Waals surface area contributed by atoms with Gasteiger partial charge < -0.3 is 16.6 Å². The van der Waals surface area contributed by atoms with Crippen LogP contribution < -0.4 is 16.8 Å². The standard InChI is InChI=1S/C7H12N4O5/c1-2-11(7(9)16)5(14)3(12)4(13)10-6(8)15/h3,12H,2H2,1H3,(H2,9,16)(H3,8,10,13,15). The van der Waals surface area contributed by atoms with Crippen molar-refractivity contribution in [2.75, 3.05) is 6.54 Å². The summed E-state index contributed by atoms with van der Waals surface area (Å²) in [6, 6.07) is -2.34. The second kappa shape index (κ2) is 5.66. The van der Waals surface area contributed by atoms with Gasteiger partial charge in [0.1, 0.15) is 0 Å². The van der Waals surface area contributed by atoms with E-state index >= 15 is 0 Å². The van der Waals surface area contributed by atoms with E-state index in [1.54, 1.807) is 0 Å². The molecule has 0 bridgehead atoms. The van der Waals surface area contributed by atoms with Gasteiger partial charge in [0, 0.05) is 6.54 Å². The fraction of sp³-hybridized carbons (Fsp3) is 0.429. The van der Waals surface area contributed by atoms with Crippen molar-refractivity contribution in [1.29, 1.82) is 0 Å². The molecule has 1 atom stereocenters. The number of carbonyl (C=O) groups is 4. The molecule has 0 aliphatic rings. The molecule has 0 spiro atoms. The van der Waals surface area contributed by atoms with Crippen LogP contribution in [0.5, 0.6) is 0 Å². The average Bonchev–Trinajstić information content (AvgIpc) is 2.15. The molecule has 16 heavy (non-hydrogen) atoms. The Labute approximate surface area is 90.4 Å². The molecule has 0 saturated heterocycles. The summed E-state index contributed by atoms with van der Waals surface area (Å²) in [6.45, 7) is 1.30. The lowest BCUT2D eigenvalue weighted by atomic mass is 10.3. The first-order valence-corrected chi connectivity index (χ1v) is 4.20. The SMILES string of the molecule is CCN(C(N)=O)C(=O)C(O)C(=O)NC(N)=O. The third-order valence-electron chi connectivity index (χ3n) is 1.58. The maximum absolute atomic E-state index is 11.3. The van der Waals surface area contributed by atoms with Crippen LogP contribution in [0.2, 0.25) is 0 Å². The highest BCUT2D eigenvalue weighted by molar-refractivity contribution is 6.11. The predicted octanol–water partition coefficient (Wildman–Crippen LogP) is -2.53. The van der Waals surface area contributed by atoms with Gasteiger partial charge in [0.05, 0.1) is 0 Å². The van der Waals surface area contributed by atoms with Crippen LogP contribution >= 0.6 is 0 Å². The van der Waals surface area contributed by atoms with E-state index in [0.717, 1.165) is 0 Å². The normalized spacial score (nSPS) is 11.4. The summed E-state index contributed by atoms with van der Waals surface area (Å²) in [5.74, 6) is -2.55. The molecule has 6 N–H and O–H groups in total. The molecule has 0 aliphatic heterocycles. The van der Waals surface area contributed by atoms with Crippen molar-refractivity contribution in [1.82, 2.24) is 10.2 Å². The Balaban J connectivity index is 4.65. The van der Waals surface area contributed by atoms with Gasteiger partial charge in [-0.15, -0.1) is 0 Å². The summed E-state index contributed by atoms with van der Waals surface area (Å²) in [7, 11) is 0. The van der Waals surface area contributed by atoms with Gasteiger partial charge in [-0.05, 0) is 6.92 Å². The first kappa shape index (κ1) is 13.8. The zero-order valence-corrected chi connectivity index (χ0v) is 8.47. The molecule has 0 saturated carbocycles. The highest BCUT2D eigenvalue weighted by Crippen LogP contribution is 1.95. The summed E-state index contributed by atoms with van der Waals surface area (Å²) in [5.41, 5.74) is 9.42. The number of imide groups is 2. The van der Waals surface area contributed by atoms with E-state index in [0.29, 0.717) is 4.90 Å². The number of amides is 6. The fourth-order valence-corrected chi connectivity index (χ4v) is 0.870. The molecular weight excluding hydrogens is 220 g/mol. The lowest BCUT2D eigenvalue weighted by Crippen LogP contribution is -2.52. The largest absolute Gasteiger partial charge is 0.375 e. The first-order chi connectivity index (χ1) is 7.31. The maximum atomic E-state index is 11.3. The molecule has 0 aromatic rings. The van der Waals surface area contributed by atoms with Crippen molar-refractivity contribution in [2.45, 2.75) is 13.0 Å². The fourth-order valence-electron chi connectivity index (χ4n) is 0.870. The molecule has 0 radical (unpaired) electrons. The number of carbonyl (C=O) groups excluding carboxylic acids is 4. The smallest absolute Gasteiger partial charge is 0.321 e. The molecule has 6 amide bonds. The number of aliphatic hydroxyl groups excluding tert-OH is 1. The summed E-state index contributed by atoms with van der Waals surface area (Å²) < 4.78 is 0. The molecule has 0 rings (SSSR count). The van der Waals surface area contributed by atoms with Crippen LogP contribution in [0, 0.1) is 0 Å². The highest BCUT2D eigenvalue weighted by atomic mass is 16.3. The maximum Gasteiger partial charge on any atom is 0.321 e. The Hall–Kier alpha value is -2.16. The molecular formula is C7H12N4O5. The van der Waals surface area contributed by atoms with Gasteiger partial charge in [-0.3, -0.25) is 19.8 Å². The second-order valence-electron chi connectivity index (χ2n) is 2.68. The third kappa shape index (κ3) is 3.53. The van der Waals surface area contributed by atoms with Crippen LogP contribution in [0.15, 0.2) is 0 Å². The van der Waals surface area contributed by atoms with Crippen molar-refractivity contribution in [3.05, 3.63) is 0 Å². The van der Waals surface area contributed by atoms with E-state index < -0.39 is 30.0 Å². The number of likely N-dealkylation sites (N-methyl/N-ethyl adjacent to an activating group) is 1. The van der Waals surface area contributed by atoms with Crippen molar-refractivity contribution >= 4 is 23.9 Å². The van der Waals surface area contributed by atoms with Crippen LogP contribution in [0.4, 0.5) is 9.59 Å². The minimum absolute atomic E-state index is 0.116. The van der Waals surface area contributed by atoms with E-state index in [1.807, 2.05) is 0 Å². The van der Waals surface area contributed by atoms with E-state index in [2.05, 4.69) is 5.73 Å². The summed E-state index contributed by atoms with van der Waals surface area (Å²) in [5, 5.41) is 10.7. The minimum atomic E-state index is -2.21. The van der Waals surface area contributed by atoms with Crippen molar-refractivity contribution < 1.29 is 24.3 Å². The molecule has 0 aromatic heterocycles. The molecule has 1 unspecified atom stereocenters. The number of nitrogens with two attached hydrogens (primary N) is 2. The zero-order valence-electron chi connectivity index (χ0n) is 8.47. The van der Waals surface area contributed by atoms with Crippen LogP contribution in [0.25, 0.3) is 0 Å². The Morgan fingerprint density at radius 2 is 1.81 bits per heavy atom. The number of rotatable bonds is 3. The molecule has 90 valence electrons. The number of urea groups is 2. The Kier molecular flexibility index (Phi) is 4.89. The van der Waals surface area contributed by atoms with Gasteiger partial charge in [-0.2, -0.15) is 0 Å². The van der Waals surface area contributed by atoms with Crippen LogP contribution in [-0.4, -0.2) is 46.5 Å². The predicted molar refractivity (Wildman–Crippen MR) is 50.7 cm³/mol. The minimum Gasteiger partial charge on any atom is -0.375 e. The topological polar surface area (TPSA) is 156 Å². The molecule has 9 nitrogen and oxygen atoms in total. The number of nitrogens with zero attached hydrogens (tertiary/aromatic N) is 1. The van der Waals surface area contributed by atoms with Crippen LogP contribution in [0.3, 0.4) is 0 Å². The number of hydrogen-bond acceptors (Lipinski definition) is 5. The van der Waals surface area contributed by atoms with Crippen molar-refractivity contribution in [3.8, 4) is 0 Å². The van der Waals surface area contributed by atoms with E-state index in [4.69, 9.17) is 10.8 Å². The van der Waals surface area contributed by atoms with Crippen LogP contribution in [-0.2, 0) is 9.59 Å². The first-order valence-electron chi connectivity index (χ1n) is 4.20. The Morgan fingerprint density at radius 3 is 2.12 bits per heavy atom. The monoisotopic (exact) mass is 232 g/mol. The van der Waals surface area contributed by atoms with Gasteiger partial charge in [0.2, 0.25) is 6.10 Å². The van der Waals surface area contributed by atoms with Gasteiger partial charge in [0.25, 0.3) is 11.8 Å². The number of aliphatic hydroxyl groups is 1. The van der Waals surface area contributed by atoms with Gasteiger partial charge in [-0.25, -0.2) is 9.59 Å². The number of primary amides is 2. The van der Waals surface area contributed by atoms with Gasteiger partial charge in [-0.1, -0.05) is 0 Å². The Morgan fingerprint density at radius 1 is 1.31 bits per heavy atom. The third-order valence-corrected chi connectivity index (χ3v) is 1.58. The molecule has 0 aliphatic carbocycles. The summed E-state index contributed by atoms with van der Waals surface area (Å²) in [4.78, 5) is 43.7. The quantitative estimate of drug-likeness (QED) is 0.394. The molecule has 0 fully saturated rings. The second-order valence-corrected chi connectivity index (χ2v) is 2.68. The zero-order chi connectivity index (χ0) is 12.9. The lowest BCUT2D eigenvalue weighted by Gasteiger charge is -2.18. The summed E-state index contributed by atoms with van der Waals surface area (Å²) >= 11 is 0. The van der Waals surface area contributed by atoms with E-state index in [1.165, 1.54) is 12.2 Å². The average molecular weight is 232 g/mol. The van der Waals surface area contributed by atoms with Gasteiger partial charge in [0.15, 0.2) is 0 Å². The molecule has 0 aromatic carbocycles. The van der Waals surface area contributed by atoms with Crippen molar-refractivity contribution in [3.63, 3.8) is 0 Å². The van der Waals surface area contributed by atoms with Crippen LogP contribution in [0.1, 0.15) is 6.92 Å². The molecule has 0 heterocycles. The van der Waals surface area contributed by atoms with Crippen molar-refractivity contribution in [2.24, 2.45) is 11.5 Å². The van der Waals surface area contributed by atoms with E-state index in [-0.39, 0.29) is 6.54 Å². The Bertz CT molecular complexity index is 329. The lowest BCUT2D eigenvalue weighted by molar-refractivity contribution is -0.145. The number of hydrogen-bond donors (Lipinski definition) is 4. The highest BCUT2D eigenvalue weighted by Gasteiger charge is 2.30. The summed E-state index contributed by atoms with van der Waals surface area (Å²) in [6.07, 6.45) is -2.21. The molecule has 9 heteroatoms. The van der Waals surface area contributed by atoms with Gasteiger partial charge >= 0.3 is 12.1 Å².